The molecular weight excluding hydrogens is 496 g/mol. The van der Waals surface area contributed by atoms with E-state index < -0.39 is 28.7 Å². The van der Waals surface area contributed by atoms with Gasteiger partial charge in [-0.3, -0.25) is 9.59 Å². The second-order valence-electron chi connectivity index (χ2n) is 9.08. The van der Waals surface area contributed by atoms with Crippen LogP contribution in [0.2, 0.25) is 5.02 Å². The van der Waals surface area contributed by atoms with Crippen LogP contribution in [0.15, 0.2) is 35.1 Å². The Balaban J connectivity index is 1.44. The van der Waals surface area contributed by atoms with Gasteiger partial charge in [-0.25, -0.2) is 13.8 Å². The fourth-order valence-electron chi connectivity index (χ4n) is 4.33. The fourth-order valence-corrected chi connectivity index (χ4v) is 4.53. The van der Waals surface area contributed by atoms with Gasteiger partial charge < -0.3 is 25.3 Å². The van der Waals surface area contributed by atoms with E-state index in [-0.39, 0.29) is 53.2 Å². The highest BCUT2D eigenvalue weighted by Crippen LogP contribution is 2.34. The van der Waals surface area contributed by atoms with E-state index in [1.165, 1.54) is 24.3 Å². The minimum Gasteiger partial charge on any atom is -0.490 e. The fraction of sp³-hybridized carbons (Fsp3) is 0.400. The Hall–Kier alpha value is -3.08. The number of nitrogens with one attached hydrogen (secondary N) is 2. The summed E-state index contributed by atoms with van der Waals surface area (Å²) < 4.78 is 33.5. The average molecular weight is 522 g/mol. The third-order valence-corrected chi connectivity index (χ3v) is 6.82. The van der Waals surface area contributed by atoms with Gasteiger partial charge in [0.05, 0.1) is 29.4 Å². The van der Waals surface area contributed by atoms with Crippen molar-refractivity contribution in [1.82, 2.24) is 15.3 Å². The van der Waals surface area contributed by atoms with Crippen molar-refractivity contribution >= 4 is 28.4 Å². The van der Waals surface area contributed by atoms with E-state index in [0.29, 0.717) is 37.7 Å². The molecule has 0 unspecified atom stereocenters. The molecule has 0 bridgehead atoms. The van der Waals surface area contributed by atoms with Gasteiger partial charge in [-0.2, -0.15) is 0 Å². The lowest BCUT2D eigenvalue weighted by atomic mass is 9.78. The van der Waals surface area contributed by atoms with Crippen LogP contribution in [0.1, 0.15) is 48.3 Å². The molecule has 0 radical (unpaired) electrons. The smallest absolute Gasteiger partial charge is 0.287 e. The second kappa shape index (κ2) is 10.9. The Morgan fingerprint density at radius 2 is 1.94 bits per heavy atom. The number of aliphatic hydroxyl groups is 2. The Kier molecular flexibility index (Phi) is 7.87. The SMILES string of the molecule is O=C(NCc1ccc(F)c(Cl)c1)c1nc2ccc(F)c(OCCC3CCC(O)(CO)CC3)c2c(=O)[nH]1. The van der Waals surface area contributed by atoms with E-state index in [0.717, 1.165) is 6.07 Å². The first-order valence-corrected chi connectivity index (χ1v) is 12.0. The maximum Gasteiger partial charge on any atom is 0.287 e. The van der Waals surface area contributed by atoms with Gasteiger partial charge in [0.15, 0.2) is 17.4 Å². The summed E-state index contributed by atoms with van der Waals surface area (Å²) in [5.74, 6) is -2.24. The van der Waals surface area contributed by atoms with Crippen LogP contribution in [0.25, 0.3) is 10.9 Å². The number of ether oxygens (including phenoxy) is 1. The molecular formula is C25H26ClF2N3O5. The molecule has 4 N–H and O–H groups in total. The normalized spacial score (nSPS) is 19.9. The number of carbonyl (C=O) groups excluding carboxylic acids is 1. The van der Waals surface area contributed by atoms with Crippen LogP contribution >= 0.6 is 11.6 Å². The highest BCUT2D eigenvalue weighted by molar-refractivity contribution is 6.30. The maximum absolute atomic E-state index is 14.6. The van der Waals surface area contributed by atoms with Crippen molar-refractivity contribution in [3.63, 3.8) is 0 Å². The van der Waals surface area contributed by atoms with Gasteiger partial charge in [0.2, 0.25) is 0 Å². The predicted octanol–water partition coefficient (Wildman–Crippen LogP) is 3.47. The molecule has 0 atom stereocenters. The molecule has 2 aromatic carbocycles. The first-order valence-electron chi connectivity index (χ1n) is 11.6. The van der Waals surface area contributed by atoms with E-state index in [1.54, 1.807) is 0 Å². The number of carbonyl (C=O) groups is 1. The average Bonchev–Trinajstić information content (AvgIpc) is 2.87. The highest BCUT2D eigenvalue weighted by Gasteiger charge is 2.32. The first-order chi connectivity index (χ1) is 17.2. The van der Waals surface area contributed by atoms with Crippen molar-refractivity contribution in [2.45, 2.75) is 44.2 Å². The molecule has 1 aliphatic carbocycles. The van der Waals surface area contributed by atoms with E-state index in [9.17, 15) is 28.6 Å². The molecule has 1 fully saturated rings. The quantitative estimate of drug-likeness (QED) is 0.360. The number of nitrogens with zero attached hydrogens (tertiary/aromatic N) is 1. The van der Waals surface area contributed by atoms with Crippen LogP contribution in [0.4, 0.5) is 8.78 Å². The van der Waals surface area contributed by atoms with E-state index in [1.807, 2.05) is 0 Å². The van der Waals surface area contributed by atoms with Crippen molar-refractivity contribution in [2.24, 2.45) is 5.92 Å². The Morgan fingerprint density at radius 3 is 2.64 bits per heavy atom. The number of hydrogen-bond acceptors (Lipinski definition) is 6. The number of fused-ring (bicyclic) bond motifs is 1. The Morgan fingerprint density at radius 1 is 1.22 bits per heavy atom. The van der Waals surface area contributed by atoms with Gasteiger partial charge in [-0.15, -0.1) is 0 Å². The number of hydrogen-bond donors (Lipinski definition) is 4. The van der Waals surface area contributed by atoms with Crippen LogP contribution in [-0.4, -0.2) is 44.9 Å². The molecule has 8 nitrogen and oxygen atoms in total. The zero-order valence-electron chi connectivity index (χ0n) is 19.3. The van der Waals surface area contributed by atoms with Crippen LogP contribution in [0, 0.1) is 17.6 Å². The van der Waals surface area contributed by atoms with Gasteiger partial charge in [-0.05, 0) is 67.9 Å². The Bertz CT molecular complexity index is 1330. The summed E-state index contributed by atoms with van der Waals surface area (Å²) in [6.07, 6.45) is 2.99. The Labute approximate surface area is 210 Å². The molecule has 11 heteroatoms. The summed E-state index contributed by atoms with van der Waals surface area (Å²) in [6, 6.07) is 6.43. The first kappa shape index (κ1) is 26.0. The molecule has 0 aliphatic heterocycles. The second-order valence-corrected chi connectivity index (χ2v) is 9.49. The standard InChI is InChI=1S/C25H26ClF2N3O5/c26-16-11-15(1-2-17(16)27)12-29-24(34)22-30-19-4-3-18(28)21(20(19)23(33)31-22)36-10-7-14-5-8-25(35,13-32)9-6-14/h1-4,11,14,32,35H,5-10,12-13H2,(H,29,34)(H,30,31,33). The lowest BCUT2D eigenvalue weighted by Gasteiger charge is -2.34. The summed E-state index contributed by atoms with van der Waals surface area (Å²) in [5, 5.41) is 21.8. The van der Waals surface area contributed by atoms with E-state index >= 15 is 0 Å². The van der Waals surface area contributed by atoms with Crippen molar-refractivity contribution < 1.29 is 28.5 Å². The number of amides is 1. The number of benzene rings is 2. The van der Waals surface area contributed by atoms with Gasteiger partial charge >= 0.3 is 0 Å². The number of halogens is 3. The topological polar surface area (TPSA) is 125 Å². The molecule has 0 spiro atoms. The lowest BCUT2D eigenvalue weighted by Crippen LogP contribution is -2.37. The van der Waals surface area contributed by atoms with Gasteiger partial charge in [0.1, 0.15) is 11.2 Å². The largest absolute Gasteiger partial charge is 0.490 e. The van der Waals surface area contributed by atoms with E-state index in [2.05, 4.69) is 15.3 Å². The molecule has 1 heterocycles. The number of aliphatic hydroxyl groups excluding tert-OH is 1. The summed E-state index contributed by atoms with van der Waals surface area (Å²) in [5.41, 5.74) is -1.12. The molecule has 192 valence electrons. The van der Waals surface area contributed by atoms with Crippen LogP contribution < -0.4 is 15.6 Å². The lowest BCUT2D eigenvalue weighted by molar-refractivity contribution is -0.0531. The van der Waals surface area contributed by atoms with Gasteiger partial charge in [0.25, 0.3) is 11.5 Å². The van der Waals surface area contributed by atoms with Crippen molar-refractivity contribution in [1.29, 1.82) is 0 Å². The maximum atomic E-state index is 14.6. The van der Waals surface area contributed by atoms with Crippen molar-refractivity contribution in [3.8, 4) is 5.75 Å². The summed E-state index contributed by atoms with van der Waals surface area (Å²) in [7, 11) is 0. The third kappa shape index (κ3) is 5.83. The number of aromatic amines is 1. The summed E-state index contributed by atoms with van der Waals surface area (Å²) in [6.45, 7) is -0.0940. The van der Waals surface area contributed by atoms with Crippen LogP contribution in [0.3, 0.4) is 0 Å². The summed E-state index contributed by atoms with van der Waals surface area (Å²) >= 11 is 5.75. The minimum absolute atomic E-state index is 0.0230. The van der Waals surface area contributed by atoms with Gasteiger partial charge in [0, 0.05) is 6.54 Å². The number of rotatable bonds is 8. The van der Waals surface area contributed by atoms with Crippen LogP contribution in [-0.2, 0) is 6.54 Å². The van der Waals surface area contributed by atoms with E-state index in [4.69, 9.17) is 16.3 Å². The molecule has 1 aromatic heterocycles. The molecule has 1 amide bonds. The third-order valence-electron chi connectivity index (χ3n) is 6.53. The van der Waals surface area contributed by atoms with Crippen molar-refractivity contribution in [2.75, 3.05) is 13.2 Å². The number of aromatic nitrogens is 2. The monoisotopic (exact) mass is 521 g/mol. The molecule has 0 saturated heterocycles. The molecule has 36 heavy (non-hydrogen) atoms. The number of H-pyrrole nitrogens is 1. The van der Waals surface area contributed by atoms with Crippen molar-refractivity contribution in [3.05, 3.63) is 68.7 Å². The predicted molar refractivity (Wildman–Crippen MR) is 129 cm³/mol. The zero-order chi connectivity index (χ0) is 25.9. The summed E-state index contributed by atoms with van der Waals surface area (Å²) in [4.78, 5) is 31.8. The molecule has 1 aliphatic rings. The molecule has 1 saturated carbocycles. The highest BCUT2D eigenvalue weighted by atomic mass is 35.5. The van der Waals surface area contributed by atoms with Crippen LogP contribution in [0.5, 0.6) is 5.75 Å². The van der Waals surface area contributed by atoms with Gasteiger partial charge in [-0.1, -0.05) is 17.7 Å². The minimum atomic E-state index is -1.03. The zero-order valence-corrected chi connectivity index (χ0v) is 20.1. The molecule has 4 rings (SSSR count). The molecule has 3 aromatic rings.